The maximum Gasteiger partial charge on any atom is 0.115 e. The van der Waals surface area contributed by atoms with Gasteiger partial charge in [-0.15, -0.1) is 0 Å². The highest BCUT2D eigenvalue weighted by atomic mass is 16.3. The van der Waals surface area contributed by atoms with Gasteiger partial charge in [0.2, 0.25) is 0 Å². The maximum absolute atomic E-state index is 9.16. The lowest BCUT2D eigenvalue weighted by molar-refractivity contribution is 0.276. The molecular formula is C10H15NO2. The molecule has 0 radical (unpaired) electrons. The van der Waals surface area contributed by atoms with Crippen molar-refractivity contribution in [2.75, 3.05) is 6.61 Å². The van der Waals surface area contributed by atoms with Crippen molar-refractivity contribution in [2.24, 2.45) is 5.73 Å². The summed E-state index contributed by atoms with van der Waals surface area (Å²) in [6.45, 7) is 1.98. The number of benzene rings is 1. The Bertz CT molecular complexity index is 286. The summed E-state index contributed by atoms with van der Waals surface area (Å²) < 4.78 is 0. The van der Waals surface area contributed by atoms with Gasteiger partial charge < -0.3 is 15.9 Å². The molecule has 0 amide bonds. The Balaban J connectivity index is 2.88. The zero-order valence-corrected chi connectivity index (χ0v) is 7.70. The average Bonchev–Trinajstić information content (AvgIpc) is 2.04. The minimum Gasteiger partial charge on any atom is -0.508 e. The van der Waals surface area contributed by atoms with Crippen LogP contribution in [-0.4, -0.2) is 16.8 Å². The topological polar surface area (TPSA) is 66.5 Å². The molecule has 0 aliphatic heterocycles. The zero-order chi connectivity index (χ0) is 9.84. The van der Waals surface area contributed by atoms with E-state index in [1.165, 1.54) is 0 Å². The van der Waals surface area contributed by atoms with E-state index < -0.39 is 0 Å². The fourth-order valence-electron chi connectivity index (χ4n) is 1.37. The van der Waals surface area contributed by atoms with Crippen LogP contribution in [0.2, 0.25) is 0 Å². The second-order valence-electron chi connectivity index (χ2n) is 3.16. The highest BCUT2D eigenvalue weighted by molar-refractivity contribution is 5.35. The first-order valence-corrected chi connectivity index (χ1v) is 4.31. The Morgan fingerprint density at radius 2 is 2.15 bits per heavy atom. The van der Waals surface area contributed by atoms with E-state index in [1.807, 2.05) is 6.92 Å². The Morgan fingerprint density at radius 3 is 2.69 bits per heavy atom. The SMILES string of the molecule is Cc1cc(O)ccc1[C@H](N)CCO. The van der Waals surface area contributed by atoms with E-state index in [2.05, 4.69) is 0 Å². The van der Waals surface area contributed by atoms with E-state index in [1.54, 1.807) is 18.2 Å². The average molecular weight is 181 g/mol. The van der Waals surface area contributed by atoms with Gasteiger partial charge in [-0.2, -0.15) is 0 Å². The van der Waals surface area contributed by atoms with Crippen LogP contribution < -0.4 is 5.73 Å². The van der Waals surface area contributed by atoms with Gasteiger partial charge in [-0.25, -0.2) is 0 Å². The minimum atomic E-state index is -0.148. The zero-order valence-electron chi connectivity index (χ0n) is 7.70. The molecule has 13 heavy (non-hydrogen) atoms. The van der Waals surface area contributed by atoms with Gasteiger partial charge in [-0.05, 0) is 36.6 Å². The van der Waals surface area contributed by atoms with Crippen molar-refractivity contribution in [1.29, 1.82) is 0 Å². The van der Waals surface area contributed by atoms with Gasteiger partial charge in [0, 0.05) is 12.6 Å². The van der Waals surface area contributed by atoms with Crippen LogP contribution in [0.15, 0.2) is 18.2 Å². The molecule has 0 spiro atoms. The number of aliphatic hydroxyl groups is 1. The number of aryl methyl sites for hydroxylation is 1. The van der Waals surface area contributed by atoms with Gasteiger partial charge in [-0.3, -0.25) is 0 Å². The second-order valence-corrected chi connectivity index (χ2v) is 3.16. The van der Waals surface area contributed by atoms with Gasteiger partial charge in [0.05, 0.1) is 0 Å². The first-order valence-electron chi connectivity index (χ1n) is 4.31. The third kappa shape index (κ3) is 2.44. The summed E-state index contributed by atoms with van der Waals surface area (Å²) in [5.41, 5.74) is 7.75. The fourth-order valence-corrected chi connectivity index (χ4v) is 1.37. The molecule has 1 aromatic carbocycles. The van der Waals surface area contributed by atoms with Gasteiger partial charge in [0.25, 0.3) is 0 Å². The Morgan fingerprint density at radius 1 is 1.46 bits per heavy atom. The Labute approximate surface area is 77.8 Å². The van der Waals surface area contributed by atoms with Crippen LogP contribution in [0.1, 0.15) is 23.6 Å². The summed E-state index contributed by atoms with van der Waals surface area (Å²) in [7, 11) is 0. The molecule has 3 nitrogen and oxygen atoms in total. The quantitative estimate of drug-likeness (QED) is 0.653. The second kappa shape index (κ2) is 4.25. The smallest absolute Gasteiger partial charge is 0.115 e. The molecule has 72 valence electrons. The highest BCUT2D eigenvalue weighted by Gasteiger charge is 2.08. The van der Waals surface area contributed by atoms with E-state index in [9.17, 15) is 0 Å². The molecule has 0 bridgehead atoms. The van der Waals surface area contributed by atoms with Crippen molar-refractivity contribution in [3.63, 3.8) is 0 Å². The lowest BCUT2D eigenvalue weighted by atomic mass is 10.00. The van der Waals surface area contributed by atoms with Crippen LogP contribution >= 0.6 is 0 Å². The minimum absolute atomic E-state index is 0.0848. The summed E-state index contributed by atoms with van der Waals surface area (Å²) in [6.07, 6.45) is 0.547. The van der Waals surface area contributed by atoms with Crippen LogP contribution in [0.3, 0.4) is 0 Å². The molecule has 0 unspecified atom stereocenters. The van der Waals surface area contributed by atoms with E-state index in [-0.39, 0.29) is 18.4 Å². The normalized spacial score (nSPS) is 12.8. The predicted octanol–water partition coefficient (Wildman–Crippen LogP) is 1.08. The number of rotatable bonds is 3. The number of hydrogen-bond acceptors (Lipinski definition) is 3. The van der Waals surface area contributed by atoms with Crippen molar-refractivity contribution < 1.29 is 10.2 Å². The Hall–Kier alpha value is -1.06. The van der Waals surface area contributed by atoms with E-state index in [0.29, 0.717) is 6.42 Å². The largest absolute Gasteiger partial charge is 0.508 e. The van der Waals surface area contributed by atoms with E-state index >= 15 is 0 Å². The molecule has 3 heteroatoms. The first kappa shape index (κ1) is 10.0. The van der Waals surface area contributed by atoms with Crippen molar-refractivity contribution in [3.8, 4) is 5.75 Å². The number of phenols is 1. The molecule has 1 atom stereocenters. The third-order valence-electron chi connectivity index (χ3n) is 2.09. The first-order chi connectivity index (χ1) is 6.15. The summed E-state index contributed by atoms with van der Waals surface area (Å²) in [4.78, 5) is 0. The molecule has 0 aliphatic carbocycles. The summed E-state index contributed by atoms with van der Waals surface area (Å²) >= 11 is 0. The lowest BCUT2D eigenvalue weighted by Crippen LogP contribution is -2.13. The van der Waals surface area contributed by atoms with Crippen LogP contribution in [0, 0.1) is 6.92 Å². The van der Waals surface area contributed by atoms with Crippen LogP contribution in [0.4, 0.5) is 0 Å². The number of aromatic hydroxyl groups is 1. The van der Waals surface area contributed by atoms with Gasteiger partial charge in [0.15, 0.2) is 0 Å². The molecule has 0 saturated carbocycles. The highest BCUT2D eigenvalue weighted by Crippen LogP contribution is 2.21. The molecule has 0 aliphatic rings. The number of hydrogen-bond donors (Lipinski definition) is 3. The van der Waals surface area contributed by atoms with Crippen molar-refractivity contribution in [1.82, 2.24) is 0 Å². The monoisotopic (exact) mass is 181 g/mol. The number of phenolic OH excluding ortho intramolecular Hbond substituents is 1. The van der Waals surface area contributed by atoms with Gasteiger partial charge >= 0.3 is 0 Å². The molecule has 4 N–H and O–H groups in total. The molecule has 0 fully saturated rings. The predicted molar refractivity (Wildman–Crippen MR) is 51.5 cm³/mol. The van der Waals surface area contributed by atoms with E-state index in [4.69, 9.17) is 15.9 Å². The van der Waals surface area contributed by atoms with E-state index in [0.717, 1.165) is 11.1 Å². The Kier molecular flexibility index (Phi) is 3.28. The molecular weight excluding hydrogens is 166 g/mol. The molecule has 1 aromatic rings. The van der Waals surface area contributed by atoms with Gasteiger partial charge in [-0.1, -0.05) is 6.07 Å². The fraction of sp³-hybridized carbons (Fsp3) is 0.400. The van der Waals surface area contributed by atoms with Crippen LogP contribution in [0.5, 0.6) is 5.75 Å². The molecule has 0 aromatic heterocycles. The standard InChI is InChI=1S/C10H15NO2/c1-7-6-8(13)2-3-9(7)10(11)4-5-12/h2-3,6,10,12-13H,4-5,11H2,1H3/t10-/m1/s1. The number of nitrogens with two attached hydrogens (primary N) is 1. The van der Waals surface area contributed by atoms with Crippen LogP contribution in [0.25, 0.3) is 0 Å². The van der Waals surface area contributed by atoms with Crippen molar-refractivity contribution >= 4 is 0 Å². The van der Waals surface area contributed by atoms with Crippen molar-refractivity contribution in [3.05, 3.63) is 29.3 Å². The molecule has 1 rings (SSSR count). The summed E-state index contributed by atoms with van der Waals surface area (Å²) in [6, 6.07) is 4.93. The van der Waals surface area contributed by atoms with Crippen LogP contribution in [-0.2, 0) is 0 Å². The summed E-state index contributed by atoms with van der Waals surface area (Å²) in [5.74, 6) is 0.248. The summed E-state index contributed by atoms with van der Waals surface area (Å²) in [5, 5.41) is 17.9. The molecule has 0 saturated heterocycles. The van der Waals surface area contributed by atoms with Crippen molar-refractivity contribution in [2.45, 2.75) is 19.4 Å². The maximum atomic E-state index is 9.16. The number of aliphatic hydroxyl groups excluding tert-OH is 1. The third-order valence-corrected chi connectivity index (χ3v) is 2.09. The van der Waals surface area contributed by atoms with Gasteiger partial charge in [0.1, 0.15) is 5.75 Å². The lowest BCUT2D eigenvalue weighted by Gasteiger charge is -2.13. The molecule has 0 heterocycles.